The van der Waals surface area contributed by atoms with E-state index >= 15 is 0 Å². The van der Waals surface area contributed by atoms with Gasteiger partial charge in [-0.05, 0) is 71.5 Å². The second-order valence-electron chi connectivity index (χ2n) is 10.3. The molecule has 7 unspecified atom stereocenters. The van der Waals surface area contributed by atoms with E-state index in [-0.39, 0.29) is 5.41 Å². The summed E-state index contributed by atoms with van der Waals surface area (Å²) >= 11 is 0. The molecule has 1 N–H and O–H groups in total. The Morgan fingerprint density at radius 2 is 1.64 bits per heavy atom. The third-order valence-electron chi connectivity index (χ3n) is 8.60. The van der Waals surface area contributed by atoms with Crippen molar-refractivity contribution < 1.29 is 5.11 Å². The maximum absolute atomic E-state index is 9.88. The van der Waals surface area contributed by atoms with Crippen molar-refractivity contribution in [3.8, 4) is 0 Å². The Morgan fingerprint density at radius 1 is 1.08 bits per heavy atom. The van der Waals surface area contributed by atoms with Gasteiger partial charge < -0.3 is 5.11 Å². The first-order valence-corrected chi connectivity index (χ1v) is 11.2. The molecule has 7 atom stereocenters. The van der Waals surface area contributed by atoms with E-state index in [9.17, 15) is 5.11 Å². The molecule has 1 nitrogen and oxygen atoms in total. The van der Waals surface area contributed by atoms with Gasteiger partial charge in [-0.25, -0.2) is 0 Å². The number of hydrogen-bond donors (Lipinski definition) is 1. The second-order valence-corrected chi connectivity index (χ2v) is 10.3. The predicted octanol–water partition coefficient (Wildman–Crippen LogP) is 7.04. The van der Waals surface area contributed by atoms with E-state index in [1.807, 2.05) is 13.8 Å². The van der Waals surface area contributed by atoms with Crippen molar-refractivity contribution in [3.63, 3.8) is 0 Å². The zero-order valence-corrected chi connectivity index (χ0v) is 19.0. The third kappa shape index (κ3) is 4.12. The molecule has 2 aliphatic carbocycles. The van der Waals surface area contributed by atoms with Crippen LogP contribution in [0.3, 0.4) is 0 Å². The topological polar surface area (TPSA) is 20.2 Å². The van der Waals surface area contributed by atoms with Gasteiger partial charge in [0.25, 0.3) is 0 Å². The first kappa shape index (κ1) is 23.0. The van der Waals surface area contributed by atoms with Crippen LogP contribution in [0.15, 0.2) is 0 Å². The molecule has 0 spiro atoms. The fourth-order valence-electron chi connectivity index (χ4n) is 7.00. The van der Waals surface area contributed by atoms with Gasteiger partial charge in [0.2, 0.25) is 0 Å². The van der Waals surface area contributed by atoms with Gasteiger partial charge in [-0.2, -0.15) is 0 Å². The van der Waals surface area contributed by atoms with Crippen molar-refractivity contribution in [1.29, 1.82) is 0 Å². The lowest BCUT2D eigenvalue weighted by Crippen LogP contribution is -2.53. The molecule has 2 fully saturated rings. The van der Waals surface area contributed by atoms with Crippen molar-refractivity contribution in [2.45, 2.75) is 94.9 Å². The van der Waals surface area contributed by atoms with Crippen LogP contribution in [0.2, 0.25) is 0 Å². The standard InChI is InChI=1S/C22H42O.C2H6/c1-9-18-15(4)20-16(5)19(21(6,7)13-23)11-10-17(20)12-22(18,8)14(2)3;1-2/h14-20,23H,9-13H2,1-8H3;1-2H3. The summed E-state index contributed by atoms with van der Waals surface area (Å²) in [6.07, 6.45) is 5.44. The monoisotopic (exact) mass is 352 g/mol. The molecule has 0 aromatic carbocycles. The lowest BCUT2D eigenvalue weighted by atomic mass is 9.45. The normalized spacial score (nSPS) is 41.8. The van der Waals surface area contributed by atoms with E-state index < -0.39 is 0 Å². The Balaban J connectivity index is 0.00000151. The summed E-state index contributed by atoms with van der Waals surface area (Å²) in [6, 6.07) is 0. The van der Waals surface area contributed by atoms with Gasteiger partial charge in [0.05, 0.1) is 0 Å². The van der Waals surface area contributed by atoms with Crippen LogP contribution < -0.4 is 0 Å². The van der Waals surface area contributed by atoms with Crippen LogP contribution in [-0.2, 0) is 0 Å². The van der Waals surface area contributed by atoms with Gasteiger partial charge >= 0.3 is 0 Å². The van der Waals surface area contributed by atoms with E-state index in [4.69, 9.17) is 0 Å². The molecule has 2 aliphatic rings. The fourth-order valence-corrected chi connectivity index (χ4v) is 7.00. The average Bonchev–Trinajstić information content (AvgIpc) is 2.56. The Bertz CT molecular complexity index is 399. The second kappa shape index (κ2) is 8.77. The van der Waals surface area contributed by atoms with Crippen LogP contribution in [0, 0.1) is 52.3 Å². The van der Waals surface area contributed by atoms with Gasteiger partial charge in [0.1, 0.15) is 0 Å². The van der Waals surface area contributed by atoms with Crippen molar-refractivity contribution in [2.24, 2.45) is 52.3 Å². The van der Waals surface area contributed by atoms with Crippen LogP contribution in [0.4, 0.5) is 0 Å². The summed E-state index contributed by atoms with van der Waals surface area (Å²) in [7, 11) is 0. The molecule has 0 amide bonds. The lowest BCUT2D eigenvalue weighted by molar-refractivity contribution is -0.115. The molecule has 25 heavy (non-hydrogen) atoms. The molecule has 0 radical (unpaired) electrons. The third-order valence-corrected chi connectivity index (χ3v) is 8.60. The van der Waals surface area contributed by atoms with Crippen LogP contribution in [0.1, 0.15) is 94.9 Å². The van der Waals surface area contributed by atoms with E-state index in [0.29, 0.717) is 17.9 Å². The predicted molar refractivity (Wildman–Crippen MR) is 112 cm³/mol. The smallest absolute Gasteiger partial charge is 0.0484 e. The highest BCUT2D eigenvalue weighted by Gasteiger charge is 2.54. The van der Waals surface area contributed by atoms with Crippen molar-refractivity contribution in [2.75, 3.05) is 6.61 Å². The Kier molecular flexibility index (Phi) is 8.06. The molecule has 150 valence electrons. The van der Waals surface area contributed by atoms with Crippen LogP contribution in [-0.4, -0.2) is 11.7 Å². The van der Waals surface area contributed by atoms with Crippen LogP contribution in [0.5, 0.6) is 0 Å². The quantitative estimate of drug-likeness (QED) is 0.575. The first-order valence-electron chi connectivity index (χ1n) is 11.2. The molecule has 2 rings (SSSR count). The van der Waals surface area contributed by atoms with Gasteiger partial charge in [-0.15, -0.1) is 0 Å². The summed E-state index contributed by atoms with van der Waals surface area (Å²) in [5, 5.41) is 9.88. The molecule has 2 saturated carbocycles. The van der Waals surface area contributed by atoms with E-state index in [1.54, 1.807) is 0 Å². The van der Waals surface area contributed by atoms with Gasteiger partial charge in [0, 0.05) is 6.61 Å². The van der Waals surface area contributed by atoms with Gasteiger partial charge in [0.15, 0.2) is 0 Å². The largest absolute Gasteiger partial charge is 0.396 e. The van der Waals surface area contributed by atoms with Gasteiger partial charge in [-0.1, -0.05) is 75.7 Å². The van der Waals surface area contributed by atoms with Gasteiger partial charge in [-0.3, -0.25) is 0 Å². The van der Waals surface area contributed by atoms with Crippen molar-refractivity contribution in [1.82, 2.24) is 0 Å². The zero-order valence-electron chi connectivity index (χ0n) is 19.0. The summed E-state index contributed by atoms with van der Waals surface area (Å²) in [4.78, 5) is 0. The molecular weight excluding hydrogens is 304 g/mol. The van der Waals surface area contributed by atoms with Crippen molar-refractivity contribution >= 4 is 0 Å². The number of hydrogen-bond acceptors (Lipinski definition) is 1. The number of aliphatic hydroxyl groups is 1. The maximum Gasteiger partial charge on any atom is 0.0484 e. The number of aliphatic hydroxyl groups excluding tert-OH is 1. The minimum atomic E-state index is 0.0740. The van der Waals surface area contributed by atoms with E-state index in [2.05, 4.69) is 55.4 Å². The van der Waals surface area contributed by atoms with Crippen LogP contribution in [0.25, 0.3) is 0 Å². The average molecular weight is 353 g/mol. The minimum Gasteiger partial charge on any atom is -0.396 e. The summed E-state index contributed by atoms with van der Waals surface area (Å²) in [6.45, 7) is 23.8. The molecule has 0 aromatic heterocycles. The lowest BCUT2D eigenvalue weighted by Gasteiger charge is -2.60. The van der Waals surface area contributed by atoms with Crippen LogP contribution >= 0.6 is 0 Å². The maximum atomic E-state index is 9.88. The minimum absolute atomic E-state index is 0.0740. The molecule has 0 saturated heterocycles. The fraction of sp³-hybridized carbons (Fsp3) is 1.00. The Hall–Kier alpha value is -0.0400. The summed E-state index contributed by atoms with van der Waals surface area (Å²) in [5.41, 5.74) is 0.582. The molecule has 0 aromatic rings. The first-order chi connectivity index (χ1) is 11.6. The molecular formula is C24H48O. The SMILES string of the molecule is CC.CCC1C(C)C2C(CCC(C(C)(C)CO)C2C)CC1(C)C(C)C. The highest BCUT2D eigenvalue weighted by Crippen LogP contribution is 2.61. The van der Waals surface area contributed by atoms with Crippen molar-refractivity contribution in [3.05, 3.63) is 0 Å². The van der Waals surface area contributed by atoms with E-state index in [0.717, 1.165) is 35.5 Å². The Labute approximate surface area is 159 Å². The molecule has 0 heterocycles. The summed E-state index contributed by atoms with van der Waals surface area (Å²) in [5.74, 6) is 5.63. The zero-order chi connectivity index (χ0) is 19.6. The molecule has 0 aliphatic heterocycles. The number of rotatable bonds is 4. The Morgan fingerprint density at radius 3 is 2.08 bits per heavy atom. The molecule has 1 heteroatoms. The highest BCUT2D eigenvalue weighted by atomic mass is 16.3. The highest BCUT2D eigenvalue weighted by molar-refractivity contribution is 5.03. The van der Waals surface area contributed by atoms with E-state index in [1.165, 1.54) is 25.7 Å². The summed E-state index contributed by atoms with van der Waals surface area (Å²) < 4.78 is 0. The number of fused-ring (bicyclic) bond motifs is 1. The molecule has 0 bridgehead atoms.